The minimum atomic E-state index is 0.580. The minimum absolute atomic E-state index is 0.580. The van der Waals surface area contributed by atoms with Gasteiger partial charge in [-0.1, -0.05) is 0 Å². The molecule has 1 unspecified atom stereocenters. The average molecular weight is 311 g/mol. The third-order valence-electron chi connectivity index (χ3n) is 4.17. The van der Waals surface area contributed by atoms with Crippen molar-refractivity contribution in [3.63, 3.8) is 0 Å². The standard InChI is InChI=1S/C14H19BrN2O/c1-18-11-2-3-12(15)13(8-11)16-14-9-17-6-4-10(14)5-7-17/h2-3,8,10,14,16H,4-7,9H2,1H3. The molecule has 3 nitrogen and oxygen atoms in total. The second-order valence-corrected chi connectivity index (χ2v) is 6.09. The Kier molecular flexibility index (Phi) is 3.48. The van der Waals surface area contributed by atoms with Crippen molar-refractivity contribution in [3.8, 4) is 5.75 Å². The lowest BCUT2D eigenvalue weighted by molar-refractivity contribution is 0.0975. The molecule has 3 heterocycles. The Balaban J connectivity index is 1.76. The summed E-state index contributed by atoms with van der Waals surface area (Å²) in [6, 6.07) is 6.67. The van der Waals surface area contributed by atoms with Crippen LogP contribution in [-0.2, 0) is 0 Å². The Bertz CT molecular complexity index is 430. The van der Waals surface area contributed by atoms with Gasteiger partial charge in [0.15, 0.2) is 0 Å². The average Bonchev–Trinajstić information content (AvgIpc) is 2.43. The summed E-state index contributed by atoms with van der Waals surface area (Å²) >= 11 is 3.61. The molecule has 1 N–H and O–H groups in total. The lowest BCUT2D eigenvalue weighted by atomic mass is 9.84. The van der Waals surface area contributed by atoms with Gasteiger partial charge in [-0.3, -0.25) is 0 Å². The van der Waals surface area contributed by atoms with Crippen LogP contribution in [0.2, 0.25) is 0 Å². The molecular formula is C14H19BrN2O. The van der Waals surface area contributed by atoms with Crippen molar-refractivity contribution in [1.29, 1.82) is 0 Å². The molecule has 0 saturated carbocycles. The number of anilines is 1. The molecule has 1 aromatic rings. The molecule has 4 heteroatoms. The summed E-state index contributed by atoms with van der Waals surface area (Å²) in [4.78, 5) is 2.56. The highest BCUT2D eigenvalue weighted by atomic mass is 79.9. The Morgan fingerprint density at radius 2 is 2.11 bits per heavy atom. The first-order valence-electron chi connectivity index (χ1n) is 6.58. The molecule has 3 fully saturated rings. The van der Waals surface area contributed by atoms with Crippen LogP contribution < -0.4 is 10.1 Å². The Hall–Kier alpha value is -0.740. The monoisotopic (exact) mass is 310 g/mol. The second kappa shape index (κ2) is 5.10. The van der Waals surface area contributed by atoms with Crippen LogP contribution >= 0.6 is 15.9 Å². The Morgan fingerprint density at radius 1 is 1.33 bits per heavy atom. The lowest BCUT2D eigenvalue weighted by Gasteiger charge is -2.45. The maximum atomic E-state index is 5.29. The molecule has 0 amide bonds. The van der Waals surface area contributed by atoms with E-state index in [1.165, 1.54) is 32.5 Å². The van der Waals surface area contributed by atoms with Crippen LogP contribution in [0.1, 0.15) is 12.8 Å². The SMILES string of the molecule is COc1ccc(Br)c(NC2CN3CCC2CC3)c1. The lowest BCUT2D eigenvalue weighted by Crippen LogP contribution is -2.53. The molecule has 0 spiro atoms. The third-order valence-corrected chi connectivity index (χ3v) is 4.86. The number of hydrogen-bond donors (Lipinski definition) is 1. The number of nitrogens with zero attached hydrogens (tertiary/aromatic N) is 1. The van der Waals surface area contributed by atoms with E-state index in [2.05, 4.69) is 32.2 Å². The van der Waals surface area contributed by atoms with Gasteiger partial charge in [0.25, 0.3) is 0 Å². The summed E-state index contributed by atoms with van der Waals surface area (Å²) in [6.07, 6.45) is 2.67. The van der Waals surface area contributed by atoms with Gasteiger partial charge in [0.2, 0.25) is 0 Å². The van der Waals surface area contributed by atoms with Gasteiger partial charge < -0.3 is 15.0 Å². The number of benzene rings is 1. The number of rotatable bonds is 3. The Labute approximate surface area is 117 Å². The van der Waals surface area contributed by atoms with Crippen LogP contribution in [0.3, 0.4) is 0 Å². The van der Waals surface area contributed by atoms with Crippen LogP contribution in [0, 0.1) is 5.92 Å². The topological polar surface area (TPSA) is 24.5 Å². The van der Waals surface area contributed by atoms with Crippen LogP contribution in [0.15, 0.2) is 22.7 Å². The summed E-state index contributed by atoms with van der Waals surface area (Å²) in [5.74, 6) is 1.73. The van der Waals surface area contributed by atoms with Crippen LogP contribution in [-0.4, -0.2) is 37.7 Å². The summed E-state index contributed by atoms with van der Waals surface area (Å²) < 4.78 is 6.40. The highest BCUT2D eigenvalue weighted by Crippen LogP contribution is 2.33. The zero-order valence-electron chi connectivity index (χ0n) is 10.7. The third kappa shape index (κ3) is 2.36. The fourth-order valence-electron chi connectivity index (χ4n) is 3.07. The van der Waals surface area contributed by atoms with E-state index in [9.17, 15) is 0 Å². The number of hydrogen-bond acceptors (Lipinski definition) is 3. The van der Waals surface area contributed by atoms with E-state index in [0.29, 0.717) is 6.04 Å². The van der Waals surface area contributed by atoms with Crippen molar-refractivity contribution in [3.05, 3.63) is 22.7 Å². The van der Waals surface area contributed by atoms with Gasteiger partial charge in [-0.05, 0) is 59.9 Å². The molecule has 3 aliphatic heterocycles. The molecule has 0 aliphatic carbocycles. The Morgan fingerprint density at radius 3 is 2.72 bits per heavy atom. The van der Waals surface area contributed by atoms with Gasteiger partial charge in [0.1, 0.15) is 5.75 Å². The predicted molar refractivity (Wildman–Crippen MR) is 77.3 cm³/mol. The van der Waals surface area contributed by atoms with Gasteiger partial charge in [-0.25, -0.2) is 0 Å². The first-order chi connectivity index (χ1) is 8.76. The number of methoxy groups -OCH3 is 1. The number of nitrogens with one attached hydrogen (secondary N) is 1. The van der Waals surface area contributed by atoms with Crippen LogP contribution in [0.5, 0.6) is 5.75 Å². The van der Waals surface area contributed by atoms with Crippen molar-refractivity contribution in [1.82, 2.24) is 4.90 Å². The van der Waals surface area contributed by atoms with Crippen LogP contribution in [0.4, 0.5) is 5.69 Å². The van der Waals surface area contributed by atoms with E-state index in [1.807, 2.05) is 12.1 Å². The van der Waals surface area contributed by atoms with Gasteiger partial charge in [-0.15, -0.1) is 0 Å². The molecule has 18 heavy (non-hydrogen) atoms. The smallest absolute Gasteiger partial charge is 0.121 e. The van der Waals surface area contributed by atoms with Crippen LogP contribution in [0.25, 0.3) is 0 Å². The van der Waals surface area contributed by atoms with Crippen molar-refractivity contribution in [2.75, 3.05) is 32.1 Å². The predicted octanol–water partition coefficient (Wildman–Crippen LogP) is 2.96. The summed E-state index contributed by atoms with van der Waals surface area (Å²) in [6.45, 7) is 3.73. The zero-order chi connectivity index (χ0) is 12.5. The summed E-state index contributed by atoms with van der Waals surface area (Å²) in [7, 11) is 1.71. The molecule has 98 valence electrons. The van der Waals surface area contributed by atoms with Gasteiger partial charge in [0.05, 0.1) is 12.8 Å². The van der Waals surface area contributed by atoms with Crippen molar-refractivity contribution in [2.45, 2.75) is 18.9 Å². The van der Waals surface area contributed by atoms with Crippen molar-refractivity contribution >= 4 is 21.6 Å². The maximum Gasteiger partial charge on any atom is 0.121 e. The maximum absolute atomic E-state index is 5.29. The van der Waals surface area contributed by atoms with Crippen molar-refractivity contribution in [2.24, 2.45) is 5.92 Å². The first kappa shape index (κ1) is 12.3. The molecule has 3 aliphatic rings. The second-order valence-electron chi connectivity index (χ2n) is 5.23. The molecule has 1 atom stereocenters. The van der Waals surface area contributed by atoms with Gasteiger partial charge in [-0.2, -0.15) is 0 Å². The molecule has 0 radical (unpaired) electrons. The van der Waals surface area contributed by atoms with Crippen molar-refractivity contribution < 1.29 is 4.74 Å². The highest BCUT2D eigenvalue weighted by Gasteiger charge is 2.34. The number of ether oxygens (including phenoxy) is 1. The van der Waals surface area contributed by atoms with E-state index in [1.54, 1.807) is 7.11 Å². The first-order valence-corrected chi connectivity index (χ1v) is 7.38. The van der Waals surface area contributed by atoms with E-state index in [0.717, 1.165) is 21.8 Å². The minimum Gasteiger partial charge on any atom is -0.497 e. The van der Waals surface area contributed by atoms with E-state index in [-0.39, 0.29) is 0 Å². The fourth-order valence-corrected chi connectivity index (χ4v) is 3.43. The summed E-state index contributed by atoms with van der Waals surface area (Å²) in [5, 5.41) is 3.69. The fraction of sp³-hybridized carbons (Fsp3) is 0.571. The number of halogens is 1. The van der Waals surface area contributed by atoms with E-state index in [4.69, 9.17) is 4.74 Å². The molecular weight excluding hydrogens is 292 g/mol. The number of fused-ring (bicyclic) bond motifs is 3. The van der Waals surface area contributed by atoms with Gasteiger partial charge >= 0.3 is 0 Å². The molecule has 1 aromatic carbocycles. The molecule has 4 rings (SSSR count). The van der Waals surface area contributed by atoms with Gasteiger partial charge in [0, 0.05) is 23.1 Å². The number of piperidine rings is 3. The van der Waals surface area contributed by atoms with E-state index >= 15 is 0 Å². The van der Waals surface area contributed by atoms with E-state index < -0.39 is 0 Å². The summed E-state index contributed by atoms with van der Waals surface area (Å²) in [5.41, 5.74) is 1.15. The highest BCUT2D eigenvalue weighted by molar-refractivity contribution is 9.10. The molecule has 3 saturated heterocycles. The normalized spacial score (nSPS) is 30.2. The zero-order valence-corrected chi connectivity index (χ0v) is 12.2. The largest absolute Gasteiger partial charge is 0.497 e. The molecule has 0 aromatic heterocycles. The quantitative estimate of drug-likeness (QED) is 0.929. The molecule has 2 bridgehead atoms.